The number of carbonyl (C=O) groups excluding carboxylic acids is 1. The molecule has 2 N–H and O–H groups in total. The molecule has 0 atom stereocenters. The van der Waals surface area contributed by atoms with Crippen molar-refractivity contribution in [2.75, 3.05) is 10.6 Å². The number of hydrogen-bond donors (Lipinski definition) is 2. The van der Waals surface area contributed by atoms with Crippen LogP contribution in [0.5, 0.6) is 0 Å². The average Bonchev–Trinajstić information content (AvgIpc) is 3.16. The van der Waals surface area contributed by atoms with Crippen molar-refractivity contribution in [2.24, 2.45) is 7.05 Å². The number of pyridine rings is 2. The number of rotatable bonds is 3. The molecule has 0 bridgehead atoms. The highest BCUT2D eigenvalue weighted by Gasteiger charge is 2.27. The van der Waals surface area contributed by atoms with Crippen LogP contribution in [0, 0.1) is 6.92 Å². The number of fused-ring (bicyclic) bond motifs is 1. The van der Waals surface area contributed by atoms with Crippen LogP contribution in [0.15, 0.2) is 42.7 Å². The van der Waals surface area contributed by atoms with E-state index in [1.165, 1.54) is 0 Å². The van der Waals surface area contributed by atoms with E-state index in [0.29, 0.717) is 22.9 Å². The Morgan fingerprint density at radius 2 is 2.08 bits per heavy atom. The Balaban J connectivity index is 1.78. The van der Waals surface area contributed by atoms with Gasteiger partial charge in [-0.2, -0.15) is 0 Å². The van der Waals surface area contributed by atoms with E-state index in [1.54, 1.807) is 36.6 Å². The van der Waals surface area contributed by atoms with Gasteiger partial charge in [-0.3, -0.25) is 19.4 Å². The number of allylic oxidation sites excluding steroid dienone is 1. The van der Waals surface area contributed by atoms with Gasteiger partial charge in [0.05, 0.1) is 23.2 Å². The van der Waals surface area contributed by atoms with Crippen LogP contribution < -0.4 is 10.6 Å². The molecular formula is C18H17N7O. The Hall–Kier alpha value is -3.55. The number of nitrogens with zero attached hydrogens (tertiary/aromatic N) is 5. The van der Waals surface area contributed by atoms with Crippen molar-refractivity contribution in [3.05, 3.63) is 53.9 Å². The molecule has 130 valence electrons. The molecule has 3 aromatic heterocycles. The molecule has 0 fully saturated rings. The summed E-state index contributed by atoms with van der Waals surface area (Å²) in [6.45, 7) is 3.83. The van der Waals surface area contributed by atoms with Crippen LogP contribution in [-0.4, -0.2) is 30.6 Å². The zero-order valence-electron chi connectivity index (χ0n) is 14.6. The first-order valence-corrected chi connectivity index (χ1v) is 8.09. The molecule has 0 saturated carbocycles. The van der Waals surface area contributed by atoms with E-state index < -0.39 is 0 Å². The molecule has 0 aliphatic carbocycles. The minimum atomic E-state index is -0.178. The molecule has 8 nitrogen and oxygen atoms in total. The fourth-order valence-electron chi connectivity index (χ4n) is 2.95. The third-order valence-corrected chi connectivity index (χ3v) is 4.24. The van der Waals surface area contributed by atoms with Gasteiger partial charge in [0.2, 0.25) is 5.95 Å². The van der Waals surface area contributed by atoms with Gasteiger partial charge in [-0.15, -0.1) is 5.10 Å². The molecule has 3 aromatic rings. The van der Waals surface area contributed by atoms with Gasteiger partial charge in [-0.25, -0.2) is 4.98 Å². The third kappa shape index (κ3) is 2.71. The van der Waals surface area contributed by atoms with E-state index in [4.69, 9.17) is 0 Å². The molecule has 1 amide bonds. The van der Waals surface area contributed by atoms with Crippen LogP contribution in [0.1, 0.15) is 18.1 Å². The number of anilines is 2. The van der Waals surface area contributed by atoms with Crippen molar-refractivity contribution in [1.82, 2.24) is 24.7 Å². The van der Waals surface area contributed by atoms with Gasteiger partial charge in [-0.05, 0) is 31.5 Å². The lowest BCUT2D eigenvalue weighted by Gasteiger charge is -2.08. The van der Waals surface area contributed by atoms with Gasteiger partial charge in [0.1, 0.15) is 6.33 Å². The van der Waals surface area contributed by atoms with E-state index in [-0.39, 0.29) is 5.91 Å². The normalized spacial score (nSPS) is 14.8. The minimum absolute atomic E-state index is 0.178. The molecule has 8 heteroatoms. The van der Waals surface area contributed by atoms with Crippen molar-refractivity contribution in [3.63, 3.8) is 0 Å². The second-order valence-electron chi connectivity index (χ2n) is 6.13. The van der Waals surface area contributed by atoms with E-state index in [0.717, 1.165) is 22.4 Å². The summed E-state index contributed by atoms with van der Waals surface area (Å²) in [4.78, 5) is 25.3. The summed E-state index contributed by atoms with van der Waals surface area (Å²) in [6, 6.07) is 3.84. The molecule has 0 radical (unpaired) electrons. The number of hydrogen-bond acceptors (Lipinski definition) is 6. The van der Waals surface area contributed by atoms with E-state index >= 15 is 0 Å². The van der Waals surface area contributed by atoms with Gasteiger partial charge in [0, 0.05) is 36.3 Å². The lowest BCUT2D eigenvalue weighted by atomic mass is 10.0. The maximum Gasteiger partial charge on any atom is 0.258 e. The Morgan fingerprint density at radius 1 is 1.23 bits per heavy atom. The number of nitrogens with one attached hydrogen (secondary N) is 2. The lowest BCUT2D eigenvalue weighted by Crippen LogP contribution is -2.09. The second kappa shape index (κ2) is 6.07. The van der Waals surface area contributed by atoms with E-state index in [1.807, 2.05) is 26.0 Å². The molecule has 0 saturated heterocycles. The van der Waals surface area contributed by atoms with Crippen molar-refractivity contribution in [2.45, 2.75) is 13.8 Å². The SMILES string of the molecule is C/C(Nc1ncn(C)n1)=C1/C(=O)Nc2cnc(-c3cnccc3C)cc21. The summed E-state index contributed by atoms with van der Waals surface area (Å²) in [5, 5.41) is 10.1. The predicted octanol–water partition coefficient (Wildman–Crippen LogP) is 2.38. The van der Waals surface area contributed by atoms with Crippen LogP contribution in [0.25, 0.3) is 16.8 Å². The highest BCUT2D eigenvalue weighted by molar-refractivity contribution is 6.32. The highest BCUT2D eigenvalue weighted by Crippen LogP contribution is 2.36. The largest absolute Gasteiger partial charge is 0.326 e. The maximum atomic E-state index is 12.5. The number of carbonyl (C=O) groups is 1. The summed E-state index contributed by atoms with van der Waals surface area (Å²) in [6.07, 6.45) is 6.79. The molecular weight excluding hydrogens is 330 g/mol. The van der Waals surface area contributed by atoms with Crippen molar-refractivity contribution < 1.29 is 4.79 Å². The van der Waals surface area contributed by atoms with Crippen LogP contribution >= 0.6 is 0 Å². The van der Waals surface area contributed by atoms with Crippen LogP contribution in [-0.2, 0) is 11.8 Å². The summed E-state index contributed by atoms with van der Waals surface area (Å²) in [5.74, 6) is 0.263. The molecule has 4 rings (SSSR count). The predicted molar refractivity (Wildman–Crippen MR) is 98.1 cm³/mol. The Labute approximate surface area is 150 Å². The lowest BCUT2D eigenvalue weighted by molar-refractivity contribution is -0.110. The Kier molecular flexibility index (Phi) is 3.72. The smallest absolute Gasteiger partial charge is 0.258 e. The fraction of sp³-hybridized carbons (Fsp3) is 0.167. The summed E-state index contributed by atoms with van der Waals surface area (Å²) in [5.41, 5.74) is 5.49. The zero-order chi connectivity index (χ0) is 18.3. The van der Waals surface area contributed by atoms with E-state index in [9.17, 15) is 4.79 Å². The zero-order valence-corrected chi connectivity index (χ0v) is 14.6. The van der Waals surface area contributed by atoms with Crippen molar-refractivity contribution in [3.8, 4) is 11.3 Å². The van der Waals surface area contributed by atoms with Crippen LogP contribution in [0.4, 0.5) is 11.6 Å². The molecule has 0 unspecified atom stereocenters. The topological polar surface area (TPSA) is 97.6 Å². The van der Waals surface area contributed by atoms with Gasteiger partial charge in [-0.1, -0.05) is 0 Å². The summed E-state index contributed by atoms with van der Waals surface area (Å²) < 4.78 is 1.59. The molecule has 0 spiro atoms. The number of aryl methyl sites for hydroxylation is 2. The molecule has 4 heterocycles. The van der Waals surface area contributed by atoms with Gasteiger partial charge >= 0.3 is 0 Å². The molecule has 0 aromatic carbocycles. The molecule has 26 heavy (non-hydrogen) atoms. The number of amides is 1. The first kappa shape index (κ1) is 15.9. The summed E-state index contributed by atoms with van der Waals surface area (Å²) in [7, 11) is 1.78. The quantitative estimate of drug-likeness (QED) is 0.706. The van der Waals surface area contributed by atoms with E-state index in [2.05, 4.69) is 30.7 Å². The van der Waals surface area contributed by atoms with Crippen molar-refractivity contribution in [1.29, 1.82) is 0 Å². The van der Waals surface area contributed by atoms with Crippen molar-refractivity contribution >= 4 is 23.1 Å². The number of aromatic nitrogens is 5. The Morgan fingerprint density at radius 3 is 2.81 bits per heavy atom. The van der Waals surface area contributed by atoms with Gasteiger partial charge in [0.25, 0.3) is 5.91 Å². The average molecular weight is 347 g/mol. The first-order valence-electron chi connectivity index (χ1n) is 8.09. The monoisotopic (exact) mass is 347 g/mol. The highest BCUT2D eigenvalue weighted by atomic mass is 16.2. The third-order valence-electron chi connectivity index (χ3n) is 4.24. The van der Waals surface area contributed by atoms with Gasteiger partial charge < -0.3 is 10.6 Å². The van der Waals surface area contributed by atoms with Gasteiger partial charge in [0.15, 0.2) is 0 Å². The van der Waals surface area contributed by atoms with Crippen LogP contribution in [0.2, 0.25) is 0 Å². The first-order chi connectivity index (χ1) is 12.5. The standard InChI is InChI=1S/C18H17N7O/c1-10-4-5-19-7-13(10)14-6-12-15(8-20-14)23-17(26)16(12)11(2)22-18-21-9-25(3)24-18/h4-9H,1-3H3,(H,22,24)(H,23,26)/b16-11-. The fourth-order valence-corrected chi connectivity index (χ4v) is 2.95. The molecule has 1 aliphatic rings. The minimum Gasteiger partial charge on any atom is -0.326 e. The Bertz CT molecular complexity index is 1050. The van der Waals surface area contributed by atoms with Crippen LogP contribution in [0.3, 0.4) is 0 Å². The molecule has 1 aliphatic heterocycles. The summed E-state index contributed by atoms with van der Waals surface area (Å²) >= 11 is 0. The second-order valence-corrected chi connectivity index (χ2v) is 6.13. The maximum absolute atomic E-state index is 12.5.